The van der Waals surface area contributed by atoms with Crippen molar-refractivity contribution in [2.75, 3.05) is 6.61 Å². The number of aryl methyl sites for hydroxylation is 1. The van der Waals surface area contributed by atoms with E-state index in [2.05, 4.69) is 86.4 Å². The maximum atomic E-state index is 5.84. The number of benzene rings is 2. The second-order valence-electron chi connectivity index (χ2n) is 8.42. The van der Waals surface area contributed by atoms with Crippen molar-refractivity contribution >= 4 is 0 Å². The Hall–Kier alpha value is -2.46. The zero-order valence-electron chi connectivity index (χ0n) is 18.7. The van der Waals surface area contributed by atoms with Gasteiger partial charge in [-0.2, -0.15) is 0 Å². The van der Waals surface area contributed by atoms with Crippen LogP contribution in [0.2, 0.25) is 0 Å². The average Bonchev–Trinajstić information content (AvgIpc) is 2.81. The van der Waals surface area contributed by atoms with Gasteiger partial charge in [0.1, 0.15) is 5.75 Å². The molecule has 0 radical (unpaired) electrons. The minimum atomic E-state index is 0.666. The summed E-state index contributed by atoms with van der Waals surface area (Å²) < 4.78 is 5.84. The maximum absolute atomic E-state index is 5.84. The van der Waals surface area contributed by atoms with Gasteiger partial charge in [0.15, 0.2) is 0 Å². The Morgan fingerprint density at radius 2 is 1.63 bits per heavy atom. The molecule has 1 saturated carbocycles. The van der Waals surface area contributed by atoms with Crippen molar-refractivity contribution in [1.29, 1.82) is 0 Å². The highest BCUT2D eigenvalue weighted by molar-refractivity contribution is 5.38. The Labute approximate surface area is 183 Å². The van der Waals surface area contributed by atoms with E-state index in [1.54, 1.807) is 0 Å². The second-order valence-corrected chi connectivity index (χ2v) is 8.42. The van der Waals surface area contributed by atoms with Crippen molar-refractivity contribution in [3.8, 4) is 17.6 Å². The van der Waals surface area contributed by atoms with Gasteiger partial charge in [0.25, 0.3) is 0 Å². The molecule has 0 spiro atoms. The molecule has 0 N–H and O–H groups in total. The Balaban J connectivity index is 1.42. The third-order valence-corrected chi connectivity index (χ3v) is 6.17. The van der Waals surface area contributed by atoms with Crippen molar-refractivity contribution in [3.63, 3.8) is 0 Å². The molecule has 3 rings (SSSR count). The highest BCUT2D eigenvalue weighted by atomic mass is 16.5. The van der Waals surface area contributed by atoms with Gasteiger partial charge in [-0.1, -0.05) is 68.9 Å². The van der Waals surface area contributed by atoms with Crippen molar-refractivity contribution in [1.82, 2.24) is 0 Å². The summed E-state index contributed by atoms with van der Waals surface area (Å²) in [4.78, 5) is 0. The topological polar surface area (TPSA) is 9.23 Å². The van der Waals surface area contributed by atoms with Gasteiger partial charge in [-0.15, -0.1) is 0 Å². The lowest BCUT2D eigenvalue weighted by Gasteiger charge is -2.27. The van der Waals surface area contributed by atoms with Crippen LogP contribution in [0.4, 0.5) is 0 Å². The normalized spacial score (nSPS) is 18.7. The maximum Gasteiger partial charge on any atom is 0.119 e. The molecule has 0 heterocycles. The molecule has 158 valence electrons. The summed E-state index contributed by atoms with van der Waals surface area (Å²) in [5, 5.41) is 0. The lowest BCUT2D eigenvalue weighted by molar-refractivity contribution is 0.306. The molecule has 1 aliphatic rings. The molecule has 0 aromatic heterocycles. The van der Waals surface area contributed by atoms with E-state index in [9.17, 15) is 0 Å². The summed E-state index contributed by atoms with van der Waals surface area (Å²) in [6, 6.07) is 17.4. The Bertz CT molecular complexity index is 825. The Morgan fingerprint density at radius 3 is 2.30 bits per heavy atom. The van der Waals surface area contributed by atoms with Gasteiger partial charge in [-0.05, 0) is 91.8 Å². The fourth-order valence-electron chi connectivity index (χ4n) is 4.16. The summed E-state index contributed by atoms with van der Waals surface area (Å²) in [5.74, 6) is 8.83. The van der Waals surface area contributed by atoms with Crippen molar-refractivity contribution in [2.24, 2.45) is 5.92 Å². The monoisotopic (exact) mass is 400 g/mol. The van der Waals surface area contributed by atoms with Crippen LogP contribution in [-0.2, 0) is 6.42 Å². The molecule has 0 bridgehead atoms. The zero-order chi connectivity index (χ0) is 21.0. The standard InChI is InChI=1S/C29H36O/c1-3-5-8-23-30-29-21-19-28(20-22-29)27-17-15-26(16-18-27)10-7-6-9-25-13-11-24(4-2)12-14-25/h7,10-14,19-22,26-27H,3-5,8,15-18,23H2,1-2H3/b10-7+. The predicted octanol–water partition coefficient (Wildman–Crippen LogP) is 7.70. The summed E-state index contributed by atoms with van der Waals surface area (Å²) in [6.07, 6.45) is 14.1. The summed E-state index contributed by atoms with van der Waals surface area (Å²) >= 11 is 0. The number of hydrogen-bond acceptors (Lipinski definition) is 1. The third-order valence-electron chi connectivity index (χ3n) is 6.17. The highest BCUT2D eigenvalue weighted by Crippen LogP contribution is 2.36. The minimum Gasteiger partial charge on any atom is -0.494 e. The molecule has 1 fully saturated rings. The molecule has 2 aromatic rings. The number of rotatable bonds is 8. The van der Waals surface area contributed by atoms with Gasteiger partial charge in [0, 0.05) is 5.56 Å². The van der Waals surface area contributed by atoms with E-state index in [-0.39, 0.29) is 0 Å². The van der Waals surface area contributed by atoms with Gasteiger partial charge >= 0.3 is 0 Å². The molecule has 0 saturated heterocycles. The molecular weight excluding hydrogens is 364 g/mol. The predicted molar refractivity (Wildman–Crippen MR) is 128 cm³/mol. The summed E-state index contributed by atoms with van der Waals surface area (Å²) in [6.45, 7) is 5.23. The molecule has 0 atom stereocenters. The van der Waals surface area contributed by atoms with Crippen molar-refractivity contribution < 1.29 is 4.74 Å². The number of allylic oxidation sites excluding steroid dienone is 2. The molecule has 0 amide bonds. The quantitative estimate of drug-likeness (QED) is 0.326. The lowest BCUT2D eigenvalue weighted by Crippen LogP contribution is -2.11. The number of unbranched alkanes of at least 4 members (excludes halogenated alkanes) is 2. The van der Waals surface area contributed by atoms with E-state index in [0.717, 1.165) is 30.8 Å². The van der Waals surface area contributed by atoms with E-state index in [1.165, 1.54) is 49.7 Å². The number of hydrogen-bond donors (Lipinski definition) is 0. The molecule has 1 nitrogen and oxygen atoms in total. The van der Waals surface area contributed by atoms with Gasteiger partial charge in [0.05, 0.1) is 6.61 Å². The van der Waals surface area contributed by atoms with Crippen LogP contribution < -0.4 is 4.74 Å². The van der Waals surface area contributed by atoms with E-state index in [1.807, 2.05) is 0 Å². The van der Waals surface area contributed by atoms with Gasteiger partial charge in [-0.25, -0.2) is 0 Å². The van der Waals surface area contributed by atoms with Crippen LogP contribution in [-0.4, -0.2) is 6.61 Å². The summed E-state index contributed by atoms with van der Waals surface area (Å²) in [5.41, 5.74) is 3.92. The van der Waals surface area contributed by atoms with E-state index in [4.69, 9.17) is 4.74 Å². The first kappa shape index (κ1) is 22.2. The first-order valence-electron chi connectivity index (χ1n) is 11.8. The number of ether oxygens (including phenoxy) is 1. The molecule has 2 aromatic carbocycles. The fraction of sp³-hybridized carbons (Fsp3) is 0.448. The van der Waals surface area contributed by atoms with Crippen LogP contribution in [0.3, 0.4) is 0 Å². The van der Waals surface area contributed by atoms with E-state index >= 15 is 0 Å². The van der Waals surface area contributed by atoms with Crippen molar-refractivity contribution in [3.05, 3.63) is 77.4 Å². The Morgan fingerprint density at radius 1 is 0.900 bits per heavy atom. The third kappa shape index (κ3) is 7.10. The van der Waals surface area contributed by atoms with E-state index < -0.39 is 0 Å². The van der Waals surface area contributed by atoms with Crippen LogP contribution in [0, 0.1) is 17.8 Å². The highest BCUT2D eigenvalue weighted by Gasteiger charge is 2.20. The molecule has 0 unspecified atom stereocenters. The van der Waals surface area contributed by atoms with Gasteiger partial charge < -0.3 is 4.74 Å². The van der Waals surface area contributed by atoms with Gasteiger partial charge in [0.2, 0.25) is 0 Å². The zero-order valence-corrected chi connectivity index (χ0v) is 18.7. The van der Waals surface area contributed by atoms with Gasteiger partial charge in [-0.3, -0.25) is 0 Å². The second kappa shape index (κ2) is 12.3. The van der Waals surface area contributed by atoms with E-state index in [0.29, 0.717) is 11.8 Å². The van der Waals surface area contributed by atoms with Crippen LogP contribution in [0.5, 0.6) is 5.75 Å². The smallest absolute Gasteiger partial charge is 0.119 e. The van der Waals surface area contributed by atoms with Crippen LogP contribution in [0.15, 0.2) is 60.7 Å². The molecular formula is C29H36O. The molecule has 1 aliphatic carbocycles. The fourth-order valence-corrected chi connectivity index (χ4v) is 4.16. The summed E-state index contributed by atoms with van der Waals surface area (Å²) in [7, 11) is 0. The first-order valence-corrected chi connectivity index (χ1v) is 11.8. The first-order chi connectivity index (χ1) is 14.8. The molecule has 1 heteroatoms. The Kier molecular flexibility index (Phi) is 9.10. The lowest BCUT2D eigenvalue weighted by atomic mass is 9.78. The largest absolute Gasteiger partial charge is 0.494 e. The van der Waals surface area contributed by atoms with Crippen LogP contribution in [0.25, 0.3) is 0 Å². The minimum absolute atomic E-state index is 0.666. The molecule has 0 aliphatic heterocycles. The van der Waals surface area contributed by atoms with Crippen LogP contribution >= 0.6 is 0 Å². The van der Waals surface area contributed by atoms with Crippen LogP contribution in [0.1, 0.15) is 81.4 Å². The van der Waals surface area contributed by atoms with Crippen molar-refractivity contribution in [2.45, 2.75) is 71.1 Å². The average molecular weight is 401 g/mol. The SMILES string of the molecule is CCCCCOc1ccc(C2CCC(/C=C/C#Cc3ccc(CC)cc3)CC2)cc1. The molecule has 30 heavy (non-hydrogen) atoms.